The van der Waals surface area contributed by atoms with Crippen LogP contribution in [0.5, 0.6) is 0 Å². The fourth-order valence-corrected chi connectivity index (χ4v) is 3.54. The molecule has 21 heavy (non-hydrogen) atoms. The highest BCUT2D eigenvalue weighted by Crippen LogP contribution is 2.26. The zero-order valence-corrected chi connectivity index (χ0v) is 13.4. The molecule has 2 heterocycles. The van der Waals surface area contributed by atoms with Gasteiger partial charge in [-0.1, -0.05) is 24.3 Å². The Morgan fingerprint density at radius 1 is 1.33 bits per heavy atom. The lowest BCUT2D eigenvalue weighted by Gasteiger charge is -2.26. The molecule has 0 saturated carbocycles. The van der Waals surface area contributed by atoms with Crippen molar-refractivity contribution in [3.05, 3.63) is 23.8 Å². The smallest absolute Gasteiger partial charge is 0.183 e. The molecule has 0 spiro atoms. The molecule has 1 aliphatic rings. The Morgan fingerprint density at radius 2 is 2.19 bits per heavy atom. The average Bonchev–Trinajstić information content (AvgIpc) is 2.94. The van der Waals surface area contributed by atoms with Crippen molar-refractivity contribution in [2.75, 3.05) is 44.7 Å². The van der Waals surface area contributed by atoms with E-state index in [1.165, 1.54) is 10.3 Å². The highest BCUT2D eigenvalue weighted by Gasteiger charge is 2.09. The van der Waals surface area contributed by atoms with Crippen molar-refractivity contribution >= 4 is 26.7 Å². The summed E-state index contributed by atoms with van der Waals surface area (Å²) in [6.07, 6.45) is 2.23. The Morgan fingerprint density at radius 3 is 3.00 bits per heavy atom. The number of anilines is 1. The second-order valence-electron chi connectivity index (χ2n) is 5.41. The van der Waals surface area contributed by atoms with Gasteiger partial charge >= 0.3 is 0 Å². The van der Waals surface area contributed by atoms with E-state index in [4.69, 9.17) is 4.74 Å². The SMILES string of the molecule is CCc1ccc2nc(NCCCN3CCOCC3)sc2c1. The number of nitrogens with one attached hydrogen (secondary N) is 1. The lowest BCUT2D eigenvalue weighted by Crippen LogP contribution is -2.37. The second-order valence-corrected chi connectivity index (χ2v) is 6.44. The van der Waals surface area contributed by atoms with Gasteiger partial charge in [-0.2, -0.15) is 0 Å². The number of nitrogens with zero attached hydrogens (tertiary/aromatic N) is 2. The number of aryl methyl sites for hydroxylation is 1. The standard InChI is InChI=1S/C16H23N3OS/c1-2-13-4-5-14-15(12-13)21-16(18-14)17-6-3-7-19-8-10-20-11-9-19/h4-5,12H,2-3,6-11H2,1H3,(H,17,18). The molecule has 1 N–H and O–H groups in total. The third kappa shape index (κ3) is 3.93. The number of aromatic nitrogens is 1. The highest BCUT2D eigenvalue weighted by atomic mass is 32.1. The van der Waals surface area contributed by atoms with Gasteiger partial charge in [0.1, 0.15) is 0 Å². The van der Waals surface area contributed by atoms with Gasteiger partial charge in [-0.25, -0.2) is 4.98 Å². The van der Waals surface area contributed by atoms with Crippen LogP contribution in [0.3, 0.4) is 0 Å². The Hall–Kier alpha value is -1.17. The summed E-state index contributed by atoms with van der Waals surface area (Å²) in [6, 6.07) is 6.56. The van der Waals surface area contributed by atoms with Crippen LogP contribution in [0.2, 0.25) is 0 Å². The van der Waals surface area contributed by atoms with Crippen molar-refractivity contribution in [1.82, 2.24) is 9.88 Å². The molecule has 0 bridgehead atoms. The molecular weight excluding hydrogens is 282 g/mol. The maximum absolute atomic E-state index is 5.36. The number of fused-ring (bicyclic) bond motifs is 1. The van der Waals surface area contributed by atoms with E-state index in [1.54, 1.807) is 11.3 Å². The van der Waals surface area contributed by atoms with E-state index in [-0.39, 0.29) is 0 Å². The first-order valence-electron chi connectivity index (χ1n) is 7.78. The normalized spacial score (nSPS) is 16.4. The molecule has 114 valence electrons. The number of benzene rings is 1. The molecule has 1 aromatic heterocycles. The number of thiazole rings is 1. The van der Waals surface area contributed by atoms with Crippen molar-refractivity contribution in [3.8, 4) is 0 Å². The van der Waals surface area contributed by atoms with Crippen molar-refractivity contribution in [2.24, 2.45) is 0 Å². The third-order valence-electron chi connectivity index (χ3n) is 3.89. The van der Waals surface area contributed by atoms with Crippen molar-refractivity contribution in [1.29, 1.82) is 0 Å². The van der Waals surface area contributed by atoms with Crippen LogP contribution >= 0.6 is 11.3 Å². The first kappa shape index (κ1) is 14.8. The third-order valence-corrected chi connectivity index (χ3v) is 4.87. The quantitative estimate of drug-likeness (QED) is 0.833. The first-order valence-corrected chi connectivity index (χ1v) is 8.60. The summed E-state index contributed by atoms with van der Waals surface area (Å²) in [5.41, 5.74) is 2.48. The monoisotopic (exact) mass is 305 g/mol. The van der Waals surface area contributed by atoms with Gasteiger partial charge in [-0.05, 0) is 37.1 Å². The minimum Gasteiger partial charge on any atom is -0.379 e. The van der Waals surface area contributed by atoms with Gasteiger partial charge in [-0.3, -0.25) is 4.90 Å². The molecule has 1 saturated heterocycles. The van der Waals surface area contributed by atoms with E-state index in [9.17, 15) is 0 Å². The minimum absolute atomic E-state index is 0.880. The fourth-order valence-electron chi connectivity index (χ4n) is 2.59. The molecule has 1 aliphatic heterocycles. The second kappa shape index (κ2) is 7.20. The molecule has 0 amide bonds. The molecule has 2 aromatic rings. The van der Waals surface area contributed by atoms with Crippen LogP contribution < -0.4 is 5.32 Å². The Kier molecular flexibility index (Phi) is 5.06. The van der Waals surface area contributed by atoms with Gasteiger partial charge in [0.05, 0.1) is 23.4 Å². The van der Waals surface area contributed by atoms with E-state index in [0.717, 1.165) is 62.9 Å². The highest BCUT2D eigenvalue weighted by molar-refractivity contribution is 7.22. The van der Waals surface area contributed by atoms with Crippen molar-refractivity contribution in [2.45, 2.75) is 19.8 Å². The predicted molar refractivity (Wildman–Crippen MR) is 89.4 cm³/mol. The van der Waals surface area contributed by atoms with Crippen molar-refractivity contribution in [3.63, 3.8) is 0 Å². The zero-order valence-electron chi connectivity index (χ0n) is 12.6. The largest absolute Gasteiger partial charge is 0.379 e. The molecule has 0 radical (unpaired) electrons. The molecule has 1 aromatic carbocycles. The summed E-state index contributed by atoms with van der Waals surface area (Å²) in [7, 11) is 0. The molecule has 0 unspecified atom stereocenters. The van der Waals surface area contributed by atoms with Crippen molar-refractivity contribution < 1.29 is 4.74 Å². The first-order chi connectivity index (χ1) is 10.3. The van der Waals surface area contributed by atoms with Gasteiger partial charge in [0.15, 0.2) is 5.13 Å². The van der Waals surface area contributed by atoms with Crippen LogP contribution in [0, 0.1) is 0 Å². The molecule has 1 fully saturated rings. The summed E-state index contributed by atoms with van der Waals surface area (Å²) in [6.45, 7) is 8.21. The molecule has 0 aliphatic carbocycles. The lowest BCUT2D eigenvalue weighted by molar-refractivity contribution is 0.0378. The summed E-state index contributed by atoms with van der Waals surface area (Å²) < 4.78 is 6.64. The van der Waals surface area contributed by atoms with Gasteiger partial charge in [-0.15, -0.1) is 0 Å². The van der Waals surface area contributed by atoms with Gasteiger partial charge in [0.2, 0.25) is 0 Å². The summed E-state index contributed by atoms with van der Waals surface area (Å²) in [5.74, 6) is 0. The molecule has 3 rings (SSSR count). The lowest BCUT2D eigenvalue weighted by atomic mass is 10.2. The number of morpholine rings is 1. The van der Waals surface area contributed by atoms with Gasteiger partial charge in [0.25, 0.3) is 0 Å². The van der Waals surface area contributed by atoms with Crippen LogP contribution in [-0.4, -0.2) is 49.3 Å². The van der Waals surface area contributed by atoms with Gasteiger partial charge in [0, 0.05) is 19.6 Å². The van der Waals surface area contributed by atoms with Crippen LogP contribution in [0.4, 0.5) is 5.13 Å². The van der Waals surface area contributed by atoms with Crippen LogP contribution in [0.25, 0.3) is 10.2 Å². The molecule has 5 heteroatoms. The molecular formula is C16H23N3OS. The summed E-state index contributed by atoms with van der Waals surface area (Å²) in [5, 5.41) is 4.50. The minimum atomic E-state index is 0.880. The Bertz CT molecular complexity index is 578. The van der Waals surface area contributed by atoms with E-state index in [2.05, 4.69) is 40.3 Å². The van der Waals surface area contributed by atoms with Crippen LogP contribution in [0.1, 0.15) is 18.9 Å². The molecule has 4 nitrogen and oxygen atoms in total. The van der Waals surface area contributed by atoms with E-state index in [1.807, 2.05) is 0 Å². The maximum Gasteiger partial charge on any atom is 0.183 e. The number of ether oxygens (including phenoxy) is 1. The number of hydrogen-bond acceptors (Lipinski definition) is 5. The molecule has 0 atom stereocenters. The summed E-state index contributed by atoms with van der Waals surface area (Å²) >= 11 is 1.76. The van der Waals surface area contributed by atoms with E-state index < -0.39 is 0 Å². The topological polar surface area (TPSA) is 37.4 Å². The number of rotatable bonds is 6. The van der Waals surface area contributed by atoms with Crippen LogP contribution in [0.15, 0.2) is 18.2 Å². The maximum atomic E-state index is 5.36. The van der Waals surface area contributed by atoms with Crippen LogP contribution in [-0.2, 0) is 11.2 Å². The van der Waals surface area contributed by atoms with E-state index >= 15 is 0 Å². The summed E-state index contributed by atoms with van der Waals surface area (Å²) in [4.78, 5) is 7.12. The van der Waals surface area contributed by atoms with E-state index in [0.29, 0.717) is 0 Å². The average molecular weight is 305 g/mol. The zero-order chi connectivity index (χ0) is 14.5. The Balaban J connectivity index is 1.48. The Labute approximate surface area is 130 Å². The predicted octanol–water partition coefficient (Wildman–Crippen LogP) is 2.99. The number of hydrogen-bond donors (Lipinski definition) is 1. The van der Waals surface area contributed by atoms with Gasteiger partial charge < -0.3 is 10.1 Å². The fraction of sp³-hybridized carbons (Fsp3) is 0.562.